The fourth-order valence-electron chi connectivity index (χ4n) is 3.26. The van der Waals surface area contributed by atoms with Crippen molar-refractivity contribution in [1.82, 2.24) is 0 Å². The summed E-state index contributed by atoms with van der Waals surface area (Å²) in [4.78, 5) is 25.4. The zero-order chi connectivity index (χ0) is 24.6. The first-order chi connectivity index (χ1) is 16.0. The molecule has 0 saturated carbocycles. The molecule has 0 saturated heterocycles. The van der Waals surface area contributed by atoms with E-state index in [1.807, 2.05) is 0 Å². The summed E-state index contributed by atoms with van der Waals surface area (Å²) in [6.07, 6.45) is -4.99. The van der Waals surface area contributed by atoms with E-state index in [2.05, 4.69) is 0 Å². The molecule has 11 heteroatoms. The number of benzene rings is 3. The van der Waals surface area contributed by atoms with E-state index < -0.39 is 39.7 Å². The molecule has 0 aliphatic heterocycles. The van der Waals surface area contributed by atoms with Crippen LogP contribution in [0.3, 0.4) is 0 Å². The number of nitrogens with one attached hydrogen (secondary N) is 1. The van der Waals surface area contributed by atoms with Crippen LogP contribution in [0.2, 0.25) is 5.02 Å². The predicted molar refractivity (Wildman–Crippen MR) is 115 cm³/mol. The van der Waals surface area contributed by atoms with Crippen LogP contribution in [0.5, 0.6) is 5.75 Å². The quantitative estimate of drug-likeness (QED) is 0.242. The van der Waals surface area contributed by atoms with Gasteiger partial charge in [-0.1, -0.05) is 29.8 Å². The smallest absolute Gasteiger partial charge is 0.450 e. The molecule has 7 nitrogen and oxygen atoms in total. The number of fused-ring (bicyclic) bond motifs is 1. The molecule has 34 heavy (non-hydrogen) atoms. The van der Waals surface area contributed by atoms with E-state index in [1.54, 1.807) is 0 Å². The zero-order valence-corrected chi connectivity index (χ0v) is 17.6. The maximum absolute atomic E-state index is 13.8. The fraction of sp³-hybridized carbons (Fsp3) is 0.0435. The number of carbonyl (C=O) groups excluding carboxylic acids is 1. The van der Waals surface area contributed by atoms with Gasteiger partial charge >= 0.3 is 12.1 Å². The number of alkyl halides is 3. The molecule has 3 aromatic carbocycles. The number of quaternary nitrogens is 1. The van der Waals surface area contributed by atoms with Gasteiger partial charge in [-0.05, 0) is 35.9 Å². The van der Waals surface area contributed by atoms with Crippen LogP contribution in [0.25, 0.3) is 22.1 Å². The van der Waals surface area contributed by atoms with Crippen molar-refractivity contribution in [3.05, 3.63) is 98.5 Å². The van der Waals surface area contributed by atoms with Gasteiger partial charge in [-0.3, -0.25) is 4.79 Å². The third kappa shape index (κ3) is 4.66. The molecular formula is C23H13ClF3NO6. The lowest BCUT2D eigenvalue weighted by Crippen LogP contribution is -2.99. The third-order valence-corrected chi connectivity index (χ3v) is 5.06. The van der Waals surface area contributed by atoms with Gasteiger partial charge in [0.25, 0.3) is 0 Å². The van der Waals surface area contributed by atoms with Crippen molar-refractivity contribution in [2.24, 2.45) is 0 Å². The number of halogens is 4. The summed E-state index contributed by atoms with van der Waals surface area (Å²) in [6, 6.07) is 13.7. The molecule has 0 radical (unpaired) electrons. The number of esters is 1. The second-order valence-corrected chi connectivity index (χ2v) is 7.51. The molecule has 1 unspecified atom stereocenters. The molecular weight excluding hydrogens is 479 g/mol. The Balaban J connectivity index is 1.78. The highest BCUT2D eigenvalue weighted by molar-refractivity contribution is 6.30. The maximum Gasteiger partial charge on any atom is 0.450 e. The molecule has 2 N–H and O–H groups in total. The van der Waals surface area contributed by atoms with Crippen molar-refractivity contribution in [2.45, 2.75) is 6.18 Å². The van der Waals surface area contributed by atoms with Crippen LogP contribution < -0.4 is 15.4 Å². The van der Waals surface area contributed by atoms with Gasteiger partial charge in [-0.25, -0.2) is 10.0 Å². The number of ether oxygens (including phenoxy) is 1. The third-order valence-electron chi connectivity index (χ3n) is 4.81. The largest absolute Gasteiger partial charge is 0.595 e. The van der Waals surface area contributed by atoms with Crippen molar-refractivity contribution in [1.29, 1.82) is 0 Å². The SMILES string of the molecule is O=C(Oc1ccc2c(=O)c(-c3ccc(Cl)cc3)c(C(F)(F)F)oc2c1)c1cccc([NH+]([O-])O)c1. The van der Waals surface area contributed by atoms with Gasteiger partial charge < -0.3 is 14.4 Å². The van der Waals surface area contributed by atoms with Gasteiger partial charge in [0, 0.05) is 23.2 Å². The van der Waals surface area contributed by atoms with Crippen molar-refractivity contribution in [3.63, 3.8) is 0 Å². The summed E-state index contributed by atoms with van der Waals surface area (Å²) < 4.78 is 51.5. The zero-order valence-electron chi connectivity index (χ0n) is 16.9. The molecule has 0 amide bonds. The average molecular weight is 492 g/mol. The van der Waals surface area contributed by atoms with Crippen LogP contribution in [0.4, 0.5) is 18.9 Å². The Kier molecular flexibility index (Phi) is 6.15. The molecule has 0 fully saturated rings. The van der Waals surface area contributed by atoms with Crippen LogP contribution in [0.1, 0.15) is 16.1 Å². The van der Waals surface area contributed by atoms with Crippen molar-refractivity contribution in [3.8, 4) is 16.9 Å². The Hall–Kier alpha value is -3.70. The number of hydrogen-bond donors (Lipinski definition) is 2. The highest BCUT2D eigenvalue weighted by Gasteiger charge is 2.39. The summed E-state index contributed by atoms with van der Waals surface area (Å²) in [5.41, 5.74) is -2.31. The topological polar surface area (TPSA) is 104 Å². The Morgan fingerprint density at radius 1 is 1.06 bits per heavy atom. The van der Waals surface area contributed by atoms with Gasteiger partial charge in [0.15, 0.2) is 5.69 Å². The lowest BCUT2D eigenvalue weighted by molar-refractivity contribution is -0.991. The first-order valence-corrected chi connectivity index (χ1v) is 9.92. The van der Waals surface area contributed by atoms with Gasteiger partial charge in [-0.15, -0.1) is 0 Å². The second kappa shape index (κ2) is 8.92. The summed E-state index contributed by atoms with van der Waals surface area (Å²) >= 11 is 5.80. The molecule has 1 heterocycles. The standard InChI is InChI=1S/C23H13ClF3NO6/c24-14-6-4-12(5-7-14)19-20(29)17-9-8-16(11-18(17)34-21(19)23(25,26)27)33-22(30)13-2-1-3-15(10-13)28(31)32/h1-11,28,31H. The summed E-state index contributed by atoms with van der Waals surface area (Å²) in [7, 11) is 0. The van der Waals surface area contributed by atoms with Crippen LogP contribution in [-0.2, 0) is 6.18 Å². The van der Waals surface area contributed by atoms with Crippen molar-refractivity contribution < 1.29 is 37.6 Å². The van der Waals surface area contributed by atoms with Gasteiger partial charge in [0.2, 0.25) is 11.2 Å². The predicted octanol–water partition coefficient (Wildman–Crippen LogP) is 4.75. The van der Waals surface area contributed by atoms with E-state index in [0.29, 0.717) is 0 Å². The van der Waals surface area contributed by atoms with Crippen molar-refractivity contribution in [2.75, 3.05) is 0 Å². The maximum atomic E-state index is 13.8. The van der Waals surface area contributed by atoms with E-state index in [4.69, 9.17) is 26.0 Å². The van der Waals surface area contributed by atoms with Crippen LogP contribution in [0, 0.1) is 5.21 Å². The minimum Gasteiger partial charge on any atom is -0.595 e. The first-order valence-electron chi connectivity index (χ1n) is 9.54. The minimum atomic E-state index is -4.99. The van der Waals surface area contributed by atoms with Gasteiger partial charge in [0.05, 0.1) is 16.5 Å². The normalized spacial score (nSPS) is 12.5. The number of rotatable bonds is 4. The molecule has 4 rings (SSSR count). The summed E-state index contributed by atoms with van der Waals surface area (Å²) in [6.45, 7) is 0. The Morgan fingerprint density at radius 2 is 1.76 bits per heavy atom. The van der Waals surface area contributed by atoms with Crippen LogP contribution in [0.15, 0.2) is 75.9 Å². The lowest BCUT2D eigenvalue weighted by atomic mass is 10.0. The van der Waals surface area contributed by atoms with E-state index in [0.717, 1.165) is 12.1 Å². The fourth-order valence-corrected chi connectivity index (χ4v) is 3.39. The minimum absolute atomic E-state index is 0.0267. The molecule has 0 spiro atoms. The summed E-state index contributed by atoms with van der Waals surface area (Å²) in [5.74, 6) is -2.66. The molecule has 0 bridgehead atoms. The molecule has 174 valence electrons. The lowest BCUT2D eigenvalue weighted by Gasteiger charge is -2.14. The van der Waals surface area contributed by atoms with Crippen molar-refractivity contribution >= 4 is 34.2 Å². The molecule has 0 aliphatic carbocycles. The van der Waals surface area contributed by atoms with Gasteiger partial charge in [-0.2, -0.15) is 18.4 Å². The van der Waals surface area contributed by atoms with Crippen LogP contribution >= 0.6 is 11.6 Å². The molecule has 0 aliphatic rings. The Labute approximate surface area is 193 Å². The van der Waals surface area contributed by atoms with E-state index >= 15 is 0 Å². The van der Waals surface area contributed by atoms with E-state index in [1.165, 1.54) is 54.6 Å². The highest BCUT2D eigenvalue weighted by atomic mass is 35.5. The number of hydrogen-bond acceptors (Lipinski definition) is 6. The average Bonchev–Trinajstić information content (AvgIpc) is 2.79. The van der Waals surface area contributed by atoms with E-state index in [-0.39, 0.29) is 33.0 Å². The number of carbonyl (C=O) groups is 1. The second-order valence-electron chi connectivity index (χ2n) is 7.07. The first kappa shape index (κ1) is 23.5. The monoisotopic (exact) mass is 491 g/mol. The Bertz CT molecular complexity index is 1450. The highest BCUT2D eigenvalue weighted by Crippen LogP contribution is 2.38. The molecule has 4 aromatic rings. The summed E-state index contributed by atoms with van der Waals surface area (Å²) in [5, 5.41) is 19.0. The molecule has 1 aromatic heterocycles. The molecule has 1 atom stereocenters. The Morgan fingerprint density at radius 3 is 2.41 bits per heavy atom. The van der Waals surface area contributed by atoms with Crippen LogP contribution in [-0.4, -0.2) is 11.2 Å². The van der Waals surface area contributed by atoms with E-state index in [9.17, 15) is 28.0 Å². The van der Waals surface area contributed by atoms with Gasteiger partial charge in [0.1, 0.15) is 11.3 Å².